The molecule has 1 saturated heterocycles. The van der Waals surface area contributed by atoms with Crippen molar-refractivity contribution in [3.05, 3.63) is 71.5 Å². The number of carbonyl (C=O) groups is 1. The lowest BCUT2D eigenvalue weighted by atomic mass is 10.1. The molecule has 0 spiro atoms. The number of rotatable bonds is 7. The summed E-state index contributed by atoms with van der Waals surface area (Å²) < 4.78 is 11.2. The van der Waals surface area contributed by atoms with Crippen molar-refractivity contribution < 1.29 is 19.2 Å². The van der Waals surface area contributed by atoms with Crippen molar-refractivity contribution in [3.8, 4) is 17.0 Å². The fourth-order valence-corrected chi connectivity index (χ4v) is 4.50. The van der Waals surface area contributed by atoms with Crippen LogP contribution in [0.4, 0.5) is 0 Å². The van der Waals surface area contributed by atoms with E-state index in [1.54, 1.807) is 11.8 Å². The van der Waals surface area contributed by atoms with Crippen molar-refractivity contribution in [3.63, 3.8) is 0 Å². The Kier molecular flexibility index (Phi) is 5.87. The van der Waals surface area contributed by atoms with Gasteiger partial charge in [-0.05, 0) is 30.2 Å². The first-order valence-electron chi connectivity index (χ1n) is 9.38. The standard InChI is InChI=1S/C22H22N2O4S/c1-15-4-2-3-5-19(15)20-10-18(28-23-20)12-27-17-8-6-16(7-9-17)11-24-14-29-13-21(24)22(25)26/h2-10,21H,11-14H2,1H3,(H,25,26). The van der Waals surface area contributed by atoms with E-state index in [9.17, 15) is 9.90 Å². The van der Waals surface area contributed by atoms with Crippen molar-refractivity contribution in [1.82, 2.24) is 10.1 Å². The molecule has 0 amide bonds. The average molecular weight is 410 g/mol. The molecular weight excluding hydrogens is 388 g/mol. The zero-order valence-corrected chi connectivity index (χ0v) is 16.9. The monoisotopic (exact) mass is 410 g/mol. The second-order valence-corrected chi connectivity index (χ2v) is 8.03. The second-order valence-electron chi connectivity index (χ2n) is 7.03. The molecule has 0 radical (unpaired) electrons. The van der Waals surface area contributed by atoms with Crippen LogP contribution >= 0.6 is 11.8 Å². The molecule has 2 heterocycles. The maximum Gasteiger partial charge on any atom is 0.321 e. The van der Waals surface area contributed by atoms with E-state index in [0.717, 1.165) is 34.0 Å². The quantitative estimate of drug-likeness (QED) is 0.626. The third-order valence-electron chi connectivity index (χ3n) is 4.93. The van der Waals surface area contributed by atoms with Gasteiger partial charge in [-0.25, -0.2) is 0 Å². The molecule has 3 aromatic rings. The average Bonchev–Trinajstić information content (AvgIpc) is 3.37. The number of hydrogen-bond acceptors (Lipinski definition) is 6. The summed E-state index contributed by atoms with van der Waals surface area (Å²) in [6.45, 7) is 2.95. The smallest absolute Gasteiger partial charge is 0.321 e. The van der Waals surface area contributed by atoms with Crippen molar-refractivity contribution in [2.45, 2.75) is 26.1 Å². The minimum atomic E-state index is -0.757. The Morgan fingerprint density at radius 2 is 2.07 bits per heavy atom. The topological polar surface area (TPSA) is 75.8 Å². The third kappa shape index (κ3) is 4.63. The number of thioether (sulfide) groups is 1. The summed E-state index contributed by atoms with van der Waals surface area (Å²) in [5.74, 6) is 2.01. The summed E-state index contributed by atoms with van der Waals surface area (Å²) >= 11 is 1.65. The van der Waals surface area contributed by atoms with E-state index in [-0.39, 0.29) is 0 Å². The molecule has 6 nitrogen and oxygen atoms in total. The zero-order chi connectivity index (χ0) is 20.2. The molecule has 1 aliphatic rings. The summed E-state index contributed by atoms with van der Waals surface area (Å²) in [5, 5.41) is 13.4. The lowest BCUT2D eigenvalue weighted by Crippen LogP contribution is -2.37. The second kappa shape index (κ2) is 8.71. The summed E-state index contributed by atoms with van der Waals surface area (Å²) in [5.41, 5.74) is 4.05. The molecule has 7 heteroatoms. The van der Waals surface area contributed by atoms with Crippen LogP contribution in [0.25, 0.3) is 11.3 Å². The van der Waals surface area contributed by atoms with Gasteiger partial charge in [-0.3, -0.25) is 9.69 Å². The van der Waals surface area contributed by atoms with Gasteiger partial charge >= 0.3 is 5.97 Å². The molecule has 1 aliphatic heterocycles. The maximum atomic E-state index is 11.3. The van der Waals surface area contributed by atoms with Crippen LogP contribution in [-0.4, -0.2) is 38.8 Å². The number of aromatic nitrogens is 1. The highest BCUT2D eigenvalue weighted by molar-refractivity contribution is 7.99. The normalized spacial score (nSPS) is 16.8. The van der Waals surface area contributed by atoms with Gasteiger partial charge in [0.25, 0.3) is 0 Å². The summed E-state index contributed by atoms with van der Waals surface area (Å²) in [7, 11) is 0. The molecule has 2 aromatic carbocycles. The van der Waals surface area contributed by atoms with Gasteiger partial charge in [-0.15, -0.1) is 11.8 Å². The lowest BCUT2D eigenvalue weighted by Gasteiger charge is -2.20. The molecule has 1 N–H and O–H groups in total. The zero-order valence-electron chi connectivity index (χ0n) is 16.1. The largest absolute Gasteiger partial charge is 0.486 e. The van der Waals surface area contributed by atoms with E-state index in [1.807, 2.05) is 66.4 Å². The molecule has 29 heavy (non-hydrogen) atoms. The van der Waals surface area contributed by atoms with Crippen molar-refractivity contribution in [1.29, 1.82) is 0 Å². The van der Waals surface area contributed by atoms with Crippen LogP contribution < -0.4 is 4.74 Å². The predicted octanol–water partition coefficient (Wildman–Crippen LogP) is 4.19. The van der Waals surface area contributed by atoms with Gasteiger partial charge in [-0.2, -0.15) is 0 Å². The van der Waals surface area contributed by atoms with Crippen LogP contribution in [0.2, 0.25) is 0 Å². The first-order valence-corrected chi connectivity index (χ1v) is 10.5. The van der Waals surface area contributed by atoms with E-state index in [4.69, 9.17) is 9.26 Å². The van der Waals surface area contributed by atoms with Gasteiger partial charge in [0.1, 0.15) is 24.1 Å². The summed E-state index contributed by atoms with van der Waals surface area (Å²) in [6, 6.07) is 17.3. The SMILES string of the molecule is Cc1ccccc1-c1cc(COc2ccc(CN3CSCC3C(=O)O)cc2)on1. The maximum absolute atomic E-state index is 11.3. The van der Waals surface area contributed by atoms with Crippen molar-refractivity contribution >= 4 is 17.7 Å². The van der Waals surface area contributed by atoms with Crippen LogP contribution in [0.1, 0.15) is 16.9 Å². The predicted molar refractivity (Wildman–Crippen MR) is 112 cm³/mol. The number of carboxylic acid groups (broad SMARTS) is 1. The summed E-state index contributed by atoms with van der Waals surface area (Å²) in [6.07, 6.45) is 0. The molecule has 1 atom stereocenters. The Bertz CT molecular complexity index is 986. The van der Waals surface area contributed by atoms with Gasteiger partial charge in [0, 0.05) is 29.8 Å². The molecule has 1 aromatic heterocycles. The Balaban J connectivity index is 1.34. The van der Waals surface area contributed by atoms with Crippen LogP contribution in [0.5, 0.6) is 5.75 Å². The molecule has 150 valence electrons. The van der Waals surface area contributed by atoms with Gasteiger partial charge in [0.05, 0.1) is 0 Å². The number of nitrogens with zero attached hydrogens (tertiary/aromatic N) is 2. The number of ether oxygens (including phenoxy) is 1. The van der Waals surface area contributed by atoms with E-state index in [0.29, 0.717) is 24.7 Å². The molecule has 0 bridgehead atoms. The molecule has 0 aliphatic carbocycles. The van der Waals surface area contributed by atoms with E-state index < -0.39 is 12.0 Å². The van der Waals surface area contributed by atoms with Gasteiger partial charge < -0.3 is 14.4 Å². The van der Waals surface area contributed by atoms with Gasteiger partial charge in [0.2, 0.25) is 0 Å². The Morgan fingerprint density at radius 3 is 2.83 bits per heavy atom. The molecule has 0 saturated carbocycles. The van der Waals surface area contributed by atoms with Gasteiger partial charge in [-0.1, -0.05) is 41.6 Å². The number of aryl methyl sites for hydroxylation is 1. The number of benzene rings is 2. The van der Waals surface area contributed by atoms with E-state index >= 15 is 0 Å². The minimum absolute atomic E-state index is 0.294. The van der Waals surface area contributed by atoms with Crippen LogP contribution in [0.3, 0.4) is 0 Å². The first kappa shape index (κ1) is 19.5. The Labute approximate surface area is 173 Å². The minimum Gasteiger partial charge on any atom is -0.486 e. The molecule has 4 rings (SSSR count). The first-order chi connectivity index (χ1) is 14.1. The highest BCUT2D eigenvalue weighted by Crippen LogP contribution is 2.25. The van der Waals surface area contributed by atoms with E-state index in [1.165, 1.54) is 0 Å². The van der Waals surface area contributed by atoms with Gasteiger partial charge in [0.15, 0.2) is 5.76 Å². The fourth-order valence-electron chi connectivity index (χ4n) is 3.31. The third-order valence-corrected chi connectivity index (χ3v) is 5.99. The number of aliphatic carboxylic acids is 1. The Hall–Kier alpha value is -2.77. The number of carboxylic acids is 1. The van der Waals surface area contributed by atoms with Crippen LogP contribution in [-0.2, 0) is 17.9 Å². The molecule has 1 fully saturated rings. The fraction of sp³-hybridized carbons (Fsp3) is 0.273. The lowest BCUT2D eigenvalue weighted by molar-refractivity contribution is -0.141. The molecule has 1 unspecified atom stereocenters. The van der Waals surface area contributed by atoms with E-state index in [2.05, 4.69) is 5.16 Å². The highest BCUT2D eigenvalue weighted by atomic mass is 32.2. The number of hydrogen-bond donors (Lipinski definition) is 1. The highest BCUT2D eigenvalue weighted by Gasteiger charge is 2.30. The van der Waals surface area contributed by atoms with Crippen LogP contribution in [0, 0.1) is 6.92 Å². The van der Waals surface area contributed by atoms with Crippen LogP contribution in [0.15, 0.2) is 59.1 Å². The molecular formula is C22H22N2O4S. The van der Waals surface area contributed by atoms with Crippen molar-refractivity contribution in [2.75, 3.05) is 11.6 Å². The van der Waals surface area contributed by atoms with Crippen molar-refractivity contribution in [2.24, 2.45) is 0 Å². The Morgan fingerprint density at radius 1 is 1.28 bits per heavy atom. The summed E-state index contributed by atoms with van der Waals surface area (Å²) in [4.78, 5) is 13.3.